The molecule has 0 heterocycles. The van der Waals surface area contributed by atoms with Crippen LogP contribution >= 0.6 is 0 Å². The topological polar surface area (TPSA) is 40.5 Å². The van der Waals surface area contributed by atoms with Crippen molar-refractivity contribution in [2.75, 3.05) is 18.0 Å². The van der Waals surface area contributed by atoms with E-state index in [0.29, 0.717) is 0 Å². The highest BCUT2D eigenvalue weighted by molar-refractivity contribution is 5.70. The number of anilines is 1. The Kier molecular flexibility index (Phi) is 4.76. The maximum atomic E-state index is 11.0. The summed E-state index contributed by atoms with van der Waals surface area (Å²) in [6, 6.07) is 8.10. The molecule has 0 aromatic heterocycles. The minimum Gasteiger partial charge on any atom is -0.481 e. The van der Waals surface area contributed by atoms with E-state index in [4.69, 9.17) is 5.11 Å². The molecular formula is C15H23NO2. The van der Waals surface area contributed by atoms with Gasteiger partial charge in [-0.25, -0.2) is 0 Å². The molecule has 0 atom stereocenters. The number of carbonyl (C=O) groups is 1. The number of hydrogen-bond donors (Lipinski definition) is 1. The minimum atomic E-state index is -0.755. The van der Waals surface area contributed by atoms with Gasteiger partial charge in [0, 0.05) is 24.2 Å². The van der Waals surface area contributed by atoms with Gasteiger partial charge in [-0.05, 0) is 25.5 Å². The Morgan fingerprint density at radius 3 is 2.28 bits per heavy atom. The number of rotatable bonds is 6. The lowest BCUT2D eigenvalue weighted by Gasteiger charge is -2.31. The molecule has 1 aromatic rings. The second kappa shape index (κ2) is 5.89. The van der Waals surface area contributed by atoms with E-state index in [2.05, 4.69) is 24.8 Å². The number of para-hydroxylation sites is 1. The third kappa shape index (κ3) is 3.25. The van der Waals surface area contributed by atoms with Crippen LogP contribution in [0.4, 0.5) is 5.69 Å². The quantitative estimate of drug-likeness (QED) is 0.841. The molecule has 0 spiro atoms. The molecule has 3 heteroatoms. The fourth-order valence-electron chi connectivity index (χ4n) is 2.36. The van der Waals surface area contributed by atoms with E-state index in [1.165, 1.54) is 0 Å². The van der Waals surface area contributed by atoms with Crippen LogP contribution in [0.1, 0.15) is 39.7 Å². The van der Waals surface area contributed by atoms with Crippen LogP contribution in [0.3, 0.4) is 0 Å². The monoisotopic (exact) mass is 249 g/mol. The molecule has 0 aliphatic rings. The van der Waals surface area contributed by atoms with Gasteiger partial charge in [-0.3, -0.25) is 4.79 Å². The normalized spacial score (nSPS) is 11.3. The number of aliphatic carboxylic acids is 1. The third-order valence-corrected chi connectivity index (χ3v) is 3.33. The molecule has 18 heavy (non-hydrogen) atoms. The summed E-state index contributed by atoms with van der Waals surface area (Å²) in [7, 11) is 0. The largest absolute Gasteiger partial charge is 0.481 e. The number of carboxylic acid groups (broad SMARTS) is 1. The highest BCUT2D eigenvalue weighted by atomic mass is 16.4. The summed E-state index contributed by atoms with van der Waals surface area (Å²) < 4.78 is 0. The Hall–Kier alpha value is -1.51. The van der Waals surface area contributed by atoms with Crippen molar-refractivity contribution in [2.45, 2.75) is 39.5 Å². The molecule has 0 saturated heterocycles. The highest BCUT2D eigenvalue weighted by Gasteiger charge is 2.27. The lowest BCUT2D eigenvalue weighted by molar-refractivity contribution is -0.138. The van der Waals surface area contributed by atoms with E-state index >= 15 is 0 Å². The lowest BCUT2D eigenvalue weighted by atomic mass is 9.80. The summed E-state index contributed by atoms with van der Waals surface area (Å²) >= 11 is 0. The van der Waals surface area contributed by atoms with Gasteiger partial charge >= 0.3 is 5.97 Å². The van der Waals surface area contributed by atoms with Gasteiger partial charge in [0.15, 0.2) is 0 Å². The standard InChI is InChI=1S/C15H23NO2/c1-5-16(6-2)13-10-8-7-9-12(13)15(3,4)11-14(17)18/h7-10H,5-6,11H2,1-4H3,(H,17,18). The van der Waals surface area contributed by atoms with E-state index < -0.39 is 5.97 Å². The smallest absolute Gasteiger partial charge is 0.304 e. The average molecular weight is 249 g/mol. The van der Waals surface area contributed by atoms with Crippen LogP contribution in [0.25, 0.3) is 0 Å². The molecule has 0 bridgehead atoms. The molecule has 100 valence electrons. The van der Waals surface area contributed by atoms with Crippen molar-refractivity contribution in [3.05, 3.63) is 29.8 Å². The zero-order valence-corrected chi connectivity index (χ0v) is 11.7. The fourth-order valence-corrected chi connectivity index (χ4v) is 2.36. The SMILES string of the molecule is CCN(CC)c1ccccc1C(C)(C)CC(=O)O. The molecule has 1 rings (SSSR count). The van der Waals surface area contributed by atoms with E-state index in [-0.39, 0.29) is 11.8 Å². The van der Waals surface area contributed by atoms with Crippen LogP contribution in [0.5, 0.6) is 0 Å². The average Bonchev–Trinajstić information content (AvgIpc) is 2.29. The van der Waals surface area contributed by atoms with E-state index in [1.807, 2.05) is 32.0 Å². The van der Waals surface area contributed by atoms with Gasteiger partial charge in [0.1, 0.15) is 0 Å². The molecular weight excluding hydrogens is 226 g/mol. The van der Waals surface area contributed by atoms with Crippen molar-refractivity contribution in [1.29, 1.82) is 0 Å². The summed E-state index contributed by atoms with van der Waals surface area (Å²) in [5, 5.41) is 9.04. The van der Waals surface area contributed by atoms with Crippen LogP contribution in [0.15, 0.2) is 24.3 Å². The van der Waals surface area contributed by atoms with Gasteiger partial charge in [-0.1, -0.05) is 32.0 Å². The fraction of sp³-hybridized carbons (Fsp3) is 0.533. The van der Waals surface area contributed by atoms with E-state index in [0.717, 1.165) is 24.3 Å². The van der Waals surface area contributed by atoms with Crippen LogP contribution in [0.2, 0.25) is 0 Å². The molecule has 0 fully saturated rings. The molecule has 0 radical (unpaired) electrons. The number of carboxylic acids is 1. The molecule has 0 aliphatic heterocycles. The zero-order valence-electron chi connectivity index (χ0n) is 11.7. The second-order valence-electron chi connectivity index (χ2n) is 5.14. The molecule has 0 amide bonds. The van der Waals surface area contributed by atoms with Crippen molar-refractivity contribution in [1.82, 2.24) is 0 Å². The Bertz CT molecular complexity index is 409. The molecule has 0 saturated carbocycles. The van der Waals surface area contributed by atoms with Crippen molar-refractivity contribution in [3.63, 3.8) is 0 Å². The van der Waals surface area contributed by atoms with E-state index in [1.54, 1.807) is 0 Å². The maximum absolute atomic E-state index is 11.0. The van der Waals surface area contributed by atoms with Crippen molar-refractivity contribution >= 4 is 11.7 Å². The van der Waals surface area contributed by atoms with Gasteiger partial charge in [0.25, 0.3) is 0 Å². The third-order valence-electron chi connectivity index (χ3n) is 3.33. The minimum absolute atomic E-state index is 0.144. The van der Waals surface area contributed by atoms with Crippen LogP contribution < -0.4 is 4.90 Å². The first-order chi connectivity index (χ1) is 8.42. The Labute approximate surface area is 109 Å². The first-order valence-electron chi connectivity index (χ1n) is 6.48. The summed E-state index contributed by atoms with van der Waals surface area (Å²) in [6.07, 6.45) is 0.144. The second-order valence-corrected chi connectivity index (χ2v) is 5.14. The summed E-state index contributed by atoms with van der Waals surface area (Å²) in [4.78, 5) is 13.3. The van der Waals surface area contributed by atoms with E-state index in [9.17, 15) is 4.79 Å². The molecule has 3 nitrogen and oxygen atoms in total. The summed E-state index contributed by atoms with van der Waals surface area (Å²) in [5.41, 5.74) is 1.90. The predicted molar refractivity (Wildman–Crippen MR) is 75.3 cm³/mol. The van der Waals surface area contributed by atoms with Gasteiger partial charge < -0.3 is 10.0 Å². The first kappa shape index (κ1) is 14.6. The molecule has 0 aliphatic carbocycles. The summed E-state index contributed by atoms with van der Waals surface area (Å²) in [6.45, 7) is 10.1. The van der Waals surface area contributed by atoms with Crippen molar-refractivity contribution in [3.8, 4) is 0 Å². The Morgan fingerprint density at radius 1 is 1.22 bits per heavy atom. The van der Waals surface area contributed by atoms with Gasteiger partial charge in [-0.2, -0.15) is 0 Å². The zero-order chi connectivity index (χ0) is 13.8. The number of benzene rings is 1. The Morgan fingerprint density at radius 2 is 1.78 bits per heavy atom. The van der Waals surface area contributed by atoms with Crippen LogP contribution in [-0.4, -0.2) is 24.2 Å². The predicted octanol–water partition coefficient (Wildman–Crippen LogP) is 3.29. The van der Waals surface area contributed by atoms with Gasteiger partial charge in [0.2, 0.25) is 0 Å². The molecule has 1 aromatic carbocycles. The molecule has 1 N–H and O–H groups in total. The lowest BCUT2D eigenvalue weighted by Crippen LogP contribution is -2.28. The maximum Gasteiger partial charge on any atom is 0.304 e. The number of hydrogen-bond acceptors (Lipinski definition) is 2. The number of nitrogens with zero attached hydrogens (tertiary/aromatic N) is 1. The van der Waals surface area contributed by atoms with Crippen molar-refractivity contribution in [2.24, 2.45) is 0 Å². The first-order valence-corrected chi connectivity index (χ1v) is 6.48. The van der Waals surface area contributed by atoms with Crippen LogP contribution in [0, 0.1) is 0 Å². The molecule has 0 unspecified atom stereocenters. The van der Waals surface area contributed by atoms with Gasteiger partial charge in [-0.15, -0.1) is 0 Å². The highest BCUT2D eigenvalue weighted by Crippen LogP contribution is 2.34. The van der Waals surface area contributed by atoms with Crippen LogP contribution in [-0.2, 0) is 10.2 Å². The van der Waals surface area contributed by atoms with Gasteiger partial charge in [0.05, 0.1) is 6.42 Å². The van der Waals surface area contributed by atoms with Crippen molar-refractivity contribution < 1.29 is 9.90 Å². The Balaban J connectivity index is 3.19. The summed E-state index contributed by atoms with van der Waals surface area (Å²) in [5.74, 6) is -0.755.